The number of benzene rings is 1. The first-order valence-corrected chi connectivity index (χ1v) is 7.73. The molecule has 0 amide bonds. The van der Waals surface area contributed by atoms with Crippen molar-refractivity contribution in [1.82, 2.24) is 25.0 Å². The van der Waals surface area contributed by atoms with E-state index in [0.717, 1.165) is 11.7 Å². The van der Waals surface area contributed by atoms with Gasteiger partial charge in [-0.1, -0.05) is 11.8 Å². The van der Waals surface area contributed by atoms with Gasteiger partial charge in [-0.05, 0) is 19.1 Å². The van der Waals surface area contributed by atoms with Crippen molar-refractivity contribution < 1.29 is 9.34 Å². The number of nitro groups is 1. The van der Waals surface area contributed by atoms with Crippen molar-refractivity contribution in [3.8, 4) is 11.5 Å². The van der Waals surface area contributed by atoms with Crippen LogP contribution in [0.2, 0.25) is 0 Å². The molecular weight excluding hydrogens is 320 g/mol. The molecule has 0 bridgehead atoms. The van der Waals surface area contributed by atoms with Gasteiger partial charge < -0.3 is 8.98 Å². The lowest BCUT2D eigenvalue weighted by molar-refractivity contribution is -0.384. The minimum Gasteiger partial charge on any atom is -0.420 e. The fourth-order valence-corrected chi connectivity index (χ4v) is 2.67. The van der Waals surface area contributed by atoms with Crippen LogP contribution in [0.15, 0.2) is 40.2 Å². The number of aryl methyl sites for hydroxylation is 1. The zero-order chi connectivity index (χ0) is 16.2. The van der Waals surface area contributed by atoms with Gasteiger partial charge in [-0.2, -0.15) is 0 Å². The summed E-state index contributed by atoms with van der Waals surface area (Å²) in [6, 6.07) is 5.96. The van der Waals surface area contributed by atoms with E-state index >= 15 is 0 Å². The summed E-state index contributed by atoms with van der Waals surface area (Å²) < 4.78 is 7.49. The van der Waals surface area contributed by atoms with Gasteiger partial charge in [0.05, 0.1) is 10.7 Å². The summed E-state index contributed by atoms with van der Waals surface area (Å²) >= 11 is 1.45. The van der Waals surface area contributed by atoms with E-state index in [4.69, 9.17) is 4.42 Å². The summed E-state index contributed by atoms with van der Waals surface area (Å²) in [4.78, 5) is 10.2. The summed E-state index contributed by atoms with van der Waals surface area (Å²) in [6.07, 6.45) is 1.67. The van der Waals surface area contributed by atoms with Gasteiger partial charge >= 0.3 is 0 Å². The lowest BCUT2D eigenvalue weighted by atomic mass is 10.2. The Kier molecular flexibility index (Phi) is 4.33. The zero-order valence-electron chi connectivity index (χ0n) is 12.1. The summed E-state index contributed by atoms with van der Waals surface area (Å²) in [5, 5.41) is 27.2. The maximum Gasteiger partial charge on any atom is 0.269 e. The number of hydrogen-bond donors (Lipinski definition) is 0. The topological polar surface area (TPSA) is 113 Å². The second-order valence-electron chi connectivity index (χ2n) is 4.49. The second-order valence-corrected chi connectivity index (χ2v) is 5.44. The molecule has 3 rings (SSSR count). The minimum absolute atomic E-state index is 0.0166. The van der Waals surface area contributed by atoms with Gasteiger partial charge in [-0.25, -0.2) is 0 Å². The van der Waals surface area contributed by atoms with Crippen LogP contribution in [0.5, 0.6) is 0 Å². The Morgan fingerprint density at radius 2 is 2.04 bits per heavy atom. The molecule has 0 radical (unpaired) electrons. The summed E-state index contributed by atoms with van der Waals surface area (Å²) in [5.74, 6) is 1.25. The van der Waals surface area contributed by atoms with Gasteiger partial charge in [-0.15, -0.1) is 20.4 Å². The molecular formula is C13H12N6O3S. The Morgan fingerprint density at radius 3 is 2.74 bits per heavy atom. The van der Waals surface area contributed by atoms with Gasteiger partial charge in [0.25, 0.3) is 5.69 Å². The molecule has 3 aromatic rings. The van der Waals surface area contributed by atoms with E-state index in [1.807, 2.05) is 11.5 Å². The number of rotatable bonds is 6. The Balaban J connectivity index is 1.69. The van der Waals surface area contributed by atoms with Crippen molar-refractivity contribution in [2.45, 2.75) is 24.4 Å². The number of aromatic nitrogens is 5. The average Bonchev–Trinajstić information content (AvgIpc) is 3.21. The summed E-state index contributed by atoms with van der Waals surface area (Å²) in [6.45, 7) is 2.79. The van der Waals surface area contributed by atoms with E-state index in [9.17, 15) is 10.1 Å². The monoisotopic (exact) mass is 332 g/mol. The van der Waals surface area contributed by atoms with E-state index in [-0.39, 0.29) is 5.69 Å². The van der Waals surface area contributed by atoms with E-state index < -0.39 is 4.92 Å². The van der Waals surface area contributed by atoms with Crippen LogP contribution in [0.4, 0.5) is 5.69 Å². The Bertz CT molecular complexity index is 813. The fourth-order valence-electron chi connectivity index (χ4n) is 1.85. The van der Waals surface area contributed by atoms with Crippen LogP contribution < -0.4 is 0 Å². The minimum atomic E-state index is -0.455. The fraction of sp³-hybridized carbons (Fsp3) is 0.231. The number of nitro benzene ring substituents is 1. The molecule has 0 aliphatic rings. The van der Waals surface area contributed by atoms with Crippen molar-refractivity contribution in [2.75, 3.05) is 0 Å². The maximum absolute atomic E-state index is 10.6. The molecule has 0 saturated heterocycles. The molecule has 0 spiro atoms. The quantitative estimate of drug-likeness (QED) is 0.384. The average molecular weight is 332 g/mol. The van der Waals surface area contributed by atoms with Crippen molar-refractivity contribution in [3.63, 3.8) is 0 Å². The number of non-ortho nitro benzene ring substituents is 1. The van der Waals surface area contributed by atoms with Crippen LogP contribution in [-0.4, -0.2) is 29.9 Å². The second kappa shape index (κ2) is 6.57. The van der Waals surface area contributed by atoms with Gasteiger partial charge in [0.1, 0.15) is 6.33 Å². The molecule has 0 atom stereocenters. The van der Waals surface area contributed by atoms with Crippen molar-refractivity contribution in [2.24, 2.45) is 0 Å². The number of thioether (sulfide) groups is 1. The molecule has 0 fully saturated rings. The first-order chi connectivity index (χ1) is 11.2. The first kappa shape index (κ1) is 15.2. The van der Waals surface area contributed by atoms with Crippen LogP contribution in [0, 0.1) is 10.1 Å². The van der Waals surface area contributed by atoms with Gasteiger partial charge in [0.2, 0.25) is 11.8 Å². The molecule has 118 valence electrons. The molecule has 0 aliphatic heterocycles. The van der Waals surface area contributed by atoms with Crippen molar-refractivity contribution >= 4 is 17.4 Å². The van der Waals surface area contributed by atoms with E-state index in [0.29, 0.717) is 23.1 Å². The molecule has 0 N–H and O–H groups in total. The first-order valence-electron chi connectivity index (χ1n) is 6.75. The van der Waals surface area contributed by atoms with Crippen LogP contribution in [0.3, 0.4) is 0 Å². The summed E-state index contributed by atoms with van der Waals surface area (Å²) in [7, 11) is 0. The smallest absolute Gasteiger partial charge is 0.269 e. The number of nitrogens with zero attached hydrogens (tertiary/aromatic N) is 6. The van der Waals surface area contributed by atoms with E-state index in [2.05, 4.69) is 20.4 Å². The normalized spacial score (nSPS) is 10.8. The van der Waals surface area contributed by atoms with Crippen molar-refractivity contribution in [3.05, 3.63) is 46.6 Å². The Hall–Kier alpha value is -2.75. The molecule has 0 unspecified atom stereocenters. The lowest BCUT2D eigenvalue weighted by Gasteiger charge is -1.99. The van der Waals surface area contributed by atoms with Gasteiger partial charge in [0.15, 0.2) is 5.16 Å². The third kappa shape index (κ3) is 3.37. The van der Waals surface area contributed by atoms with Crippen LogP contribution in [0.1, 0.15) is 12.8 Å². The van der Waals surface area contributed by atoms with Gasteiger partial charge in [0, 0.05) is 24.2 Å². The third-order valence-electron chi connectivity index (χ3n) is 3.04. The predicted molar refractivity (Wildman–Crippen MR) is 81.6 cm³/mol. The SMILES string of the molecule is CCn1cnnc1SCc1nnc(-c2ccc([N+](=O)[O-])cc2)o1. The highest BCUT2D eigenvalue weighted by Gasteiger charge is 2.12. The van der Waals surface area contributed by atoms with Crippen LogP contribution in [0.25, 0.3) is 11.5 Å². The molecule has 23 heavy (non-hydrogen) atoms. The Labute approximate surface area is 134 Å². The number of hydrogen-bond acceptors (Lipinski definition) is 8. The molecule has 0 aliphatic carbocycles. The van der Waals surface area contributed by atoms with Crippen LogP contribution >= 0.6 is 11.8 Å². The largest absolute Gasteiger partial charge is 0.420 e. The molecule has 10 heteroatoms. The highest BCUT2D eigenvalue weighted by atomic mass is 32.2. The third-order valence-corrected chi connectivity index (χ3v) is 4.00. The van der Waals surface area contributed by atoms with Crippen LogP contribution in [-0.2, 0) is 12.3 Å². The molecule has 1 aromatic carbocycles. The molecule has 0 saturated carbocycles. The van der Waals surface area contributed by atoms with Crippen molar-refractivity contribution in [1.29, 1.82) is 0 Å². The summed E-state index contributed by atoms with van der Waals surface area (Å²) in [5.41, 5.74) is 0.652. The lowest BCUT2D eigenvalue weighted by Crippen LogP contribution is -1.94. The highest BCUT2D eigenvalue weighted by molar-refractivity contribution is 7.98. The zero-order valence-corrected chi connectivity index (χ0v) is 12.9. The van der Waals surface area contributed by atoms with E-state index in [1.165, 1.54) is 23.9 Å². The van der Waals surface area contributed by atoms with Gasteiger partial charge in [-0.3, -0.25) is 10.1 Å². The molecule has 2 aromatic heterocycles. The maximum atomic E-state index is 10.6. The van der Waals surface area contributed by atoms with E-state index in [1.54, 1.807) is 18.5 Å². The Morgan fingerprint density at radius 1 is 1.26 bits per heavy atom. The standard InChI is InChI=1S/C13H12N6O3S/c1-2-18-8-14-17-13(18)23-7-11-15-16-12(22-11)9-3-5-10(6-4-9)19(20)21/h3-6,8H,2,7H2,1H3. The highest BCUT2D eigenvalue weighted by Crippen LogP contribution is 2.24. The predicted octanol–water partition coefficient (Wildman–Crippen LogP) is 2.55. The molecule has 9 nitrogen and oxygen atoms in total. The molecule has 2 heterocycles.